The van der Waals surface area contributed by atoms with Crippen molar-refractivity contribution in [3.8, 4) is 0 Å². The van der Waals surface area contributed by atoms with Crippen molar-refractivity contribution < 1.29 is 17.9 Å². The van der Waals surface area contributed by atoms with Crippen molar-refractivity contribution in [3.63, 3.8) is 0 Å². The van der Waals surface area contributed by atoms with Crippen molar-refractivity contribution in [1.29, 1.82) is 0 Å². The maximum atomic E-state index is 2.35. The second-order valence-corrected chi connectivity index (χ2v) is 12.8. The van der Waals surface area contributed by atoms with Gasteiger partial charge >= 0.3 is 0 Å². The molecule has 4 bridgehead atoms. The van der Waals surface area contributed by atoms with Crippen LogP contribution in [0.5, 0.6) is 0 Å². The average Bonchev–Trinajstić information content (AvgIpc) is 2.89. The first-order chi connectivity index (χ1) is 18.6. The molecule has 192 valence electrons. The smallest absolute Gasteiger partial charge is 0.181 e. The van der Waals surface area contributed by atoms with Gasteiger partial charge < -0.3 is 0 Å². The summed E-state index contributed by atoms with van der Waals surface area (Å²) in [6.45, 7) is 11.9. The third kappa shape index (κ3) is 4.59. The lowest BCUT2D eigenvalue weighted by Gasteiger charge is -2.68. The molecule has 4 fully saturated rings. The lowest BCUT2D eigenvalue weighted by atomic mass is 10.0. The zero-order valence-corrected chi connectivity index (χ0v) is 22.4. The second kappa shape index (κ2) is 9.18. The largest absolute Gasteiger partial charge is 0.225 e. The van der Waals surface area contributed by atoms with E-state index in [-0.39, 0.29) is 0 Å². The van der Waals surface area contributed by atoms with Crippen molar-refractivity contribution in [1.82, 2.24) is 0 Å². The highest BCUT2D eigenvalue weighted by molar-refractivity contribution is 5.16. The van der Waals surface area contributed by atoms with Crippen LogP contribution >= 0.6 is 0 Å². The molecule has 4 saturated heterocycles. The molecular formula is C34H40N4+4. The second-order valence-electron chi connectivity index (χ2n) is 12.8. The molecule has 38 heavy (non-hydrogen) atoms. The zero-order valence-electron chi connectivity index (χ0n) is 22.4. The fraction of sp³-hybridized carbons (Fsp3) is 0.294. The molecule has 4 heterocycles. The van der Waals surface area contributed by atoms with Crippen LogP contribution in [-0.2, 0) is 26.2 Å². The van der Waals surface area contributed by atoms with Gasteiger partial charge in [0.25, 0.3) is 0 Å². The van der Waals surface area contributed by atoms with E-state index in [1.54, 1.807) is 0 Å². The number of hydrogen-bond donors (Lipinski definition) is 0. The number of hydrogen-bond acceptors (Lipinski definition) is 0. The highest BCUT2D eigenvalue weighted by atomic mass is 15.9. The van der Waals surface area contributed by atoms with Crippen molar-refractivity contribution in [2.45, 2.75) is 26.2 Å². The van der Waals surface area contributed by atoms with E-state index in [9.17, 15) is 0 Å². The predicted octanol–water partition coefficient (Wildman–Crippen LogP) is 5.84. The Hall–Kier alpha value is -3.28. The first-order valence-electron chi connectivity index (χ1n) is 14.1. The highest BCUT2D eigenvalue weighted by Gasteiger charge is 2.72. The van der Waals surface area contributed by atoms with Gasteiger partial charge in [0.15, 0.2) is 0 Å². The molecule has 4 nitrogen and oxygen atoms in total. The Morgan fingerprint density at radius 3 is 0.658 bits per heavy atom. The van der Waals surface area contributed by atoms with Gasteiger partial charge in [-0.15, -0.1) is 0 Å². The molecule has 0 radical (unpaired) electrons. The minimum atomic E-state index is 1.12. The Morgan fingerprint density at radius 1 is 0.289 bits per heavy atom. The highest BCUT2D eigenvalue weighted by Crippen LogP contribution is 2.47. The molecule has 8 rings (SSSR count). The normalized spacial score (nSPS) is 31.4. The van der Waals surface area contributed by atoms with Crippen molar-refractivity contribution in [3.05, 3.63) is 144 Å². The summed E-state index contributed by atoms with van der Waals surface area (Å²) in [6.07, 6.45) is 0. The van der Waals surface area contributed by atoms with Crippen molar-refractivity contribution >= 4 is 0 Å². The van der Waals surface area contributed by atoms with E-state index < -0.39 is 0 Å². The fourth-order valence-corrected chi connectivity index (χ4v) is 8.84. The first kappa shape index (κ1) is 23.8. The summed E-state index contributed by atoms with van der Waals surface area (Å²) in [6, 6.07) is 45.2. The SMILES string of the molecule is c1ccc(C[N+]23C[N+]4(Cc5ccccc5)C[N+](Cc5ccccc5)(C2)C[N+](Cc2ccccc2)(C3)C4)cc1. The Labute approximate surface area is 227 Å². The quantitative estimate of drug-likeness (QED) is 0.265. The van der Waals surface area contributed by atoms with Gasteiger partial charge in [0.1, 0.15) is 26.2 Å². The molecule has 0 aliphatic carbocycles. The topological polar surface area (TPSA) is 0 Å². The van der Waals surface area contributed by atoms with E-state index in [2.05, 4.69) is 121 Å². The predicted molar refractivity (Wildman–Crippen MR) is 151 cm³/mol. The molecule has 4 aliphatic rings. The molecule has 4 aromatic rings. The van der Waals surface area contributed by atoms with E-state index in [1.807, 2.05) is 0 Å². The third-order valence-corrected chi connectivity index (χ3v) is 9.04. The van der Waals surface area contributed by atoms with E-state index in [1.165, 1.54) is 80.2 Å². The summed E-state index contributed by atoms with van der Waals surface area (Å²) in [5.41, 5.74) is 5.91. The van der Waals surface area contributed by atoms with Gasteiger partial charge in [0.05, 0.1) is 0 Å². The molecule has 4 aliphatic heterocycles. The van der Waals surface area contributed by atoms with Gasteiger partial charge in [-0.2, -0.15) is 17.9 Å². The van der Waals surface area contributed by atoms with Gasteiger partial charge in [-0.3, -0.25) is 0 Å². The van der Waals surface area contributed by atoms with Gasteiger partial charge in [0.2, 0.25) is 40.0 Å². The number of nitrogens with zero attached hydrogens (tertiary/aromatic N) is 4. The fourth-order valence-electron chi connectivity index (χ4n) is 8.84. The molecule has 0 aromatic heterocycles. The minimum absolute atomic E-state index is 1.12. The van der Waals surface area contributed by atoms with Gasteiger partial charge in [-0.1, -0.05) is 121 Å². The number of quaternary nitrogens is 4. The Balaban J connectivity index is 1.35. The van der Waals surface area contributed by atoms with Gasteiger partial charge in [0, 0.05) is 22.3 Å². The Bertz CT molecular complexity index is 1120. The summed E-state index contributed by atoms with van der Waals surface area (Å²) < 4.78 is 4.71. The van der Waals surface area contributed by atoms with Crippen LogP contribution in [0.15, 0.2) is 121 Å². The standard InChI is InChI=1S/C34H40N4/c1-5-13-31(14-6-1)21-35-25-36(22-32-15-7-2-8-16-32)28-37(26-35,23-33-17-9-3-10-18-33)30-38(27-35,29-36)24-34-19-11-4-12-20-34/h1-20H,21-30H2/q+4. The molecule has 0 saturated carbocycles. The van der Waals surface area contributed by atoms with Crippen LogP contribution < -0.4 is 0 Å². The molecule has 0 unspecified atom stereocenters. The summed E-state index contributed by atoms with van der Waals surface area (Å²) in [4.78, 5) is 0. The lowest BCUT2D eigenvalue weighted by molar-refractivity contribution is -1.44. The van der Waals surface area contributed by atoms with Crippen LogP contribution in [0.1, 0.15) is 22.3 Å². The van der Waals surface area contributed by atoms with Crippen LogP contribution in [-0.4, -0.2) is 57.9 Å². The maximum absolute atomic E-state index is 2.35. The van der Waals surface area contributed by atoms with E-state index in [0.29, 0.717) is 0 Å². The van der Waals surface area contributed by atoms with Gasteiger partial charge in [-0.25, -0.2) is 0 Å². The molecule has 4 aromatic carbocycles. The van der Waals surface area contributed by atoms with E-state index in [4.69, 9.17) is 0 Å². The Morgan fingerprint density at radius 2 is 0.474 bits per heavy atom. The summed E-state index contributed by atoms with van der Waals surface area (Å²) in [5, 5.41) is 0. The molecule has 4 heteroatoms. The molecule has 0 N–H and O–H groups in total. The molecular weight excluding hydrogens is 464 g/mol. The van der Waals surface area contributed by atoms with Crippen LogP contribution in [0.3, 0.4) is 0 Å². The van der Waals surface area contributed by atoms with Crippen LogP contribution in [0, 0.1) is 0 Å². The molecule has 0 amide bonds. The summed E-state index contributed by atoms with van der Waals surface area (Å²) >= 11 is 0. The van der Waals surface area contributed by atoms with Gasteiger partial charge in [-0.05, 0) is 0 Å². The Kier molecular flexibility index (Phi) is 5.75. The number of rotatable bonds is 8. The van der Waals surface area contributed by atoms with Crippen LogP contribution in [0.4, 0.5) is 0 Å². The summed E-state index contributed by atoms with van der Waals surface area (Å²) in [5.74, 6) is 0. The van der Waals surface area contributed by atoms with Crippen molar-refractivity contribution in [2.24, 2.45) is 0 Å². The average molecular weight is 505 g/mol. The van der Waals surface area contributed by atoms with E-state index >= 15 is 0 Å². The monoisotopic (exact) mass is 504 g/mol. The van der Waals surface area contributed by atoms with Crippen LogP contribution in [0.25, 0.3) is 0 Å². The molecule has 0 atom stereocenters. The van der Waals surface area contributed by atoms with Crippen LogP contribution in [0.2, 0.25) is 0 Å². The first-order valence-corrected chi connectivity index (χ1v) is 14.1. The van der Waals surface area contributed by atoms with Crippen molar-refractivity contribution in [2.75, 3.05) is 40.0 Å². The summed E-state index contributed by atoms with van der Waals surface area (Å²) in [7, 11) is 0. The number of benzene rings is 4. The molecule has 0 spiro atoms. The maximum Gasteiger partial charge on any atom is 0.225 e. The zero-order chi connectivity index (χ0) is 25.5. The third-order valence-electron chi connectivity index (χ3n) is 9.04. The lowest BCUT2D eigenvalue weighted by Crippen LogP contribution is -2.93. The van der Waals surface area contributed by atoms with E-state index in [0.717, 1.165) is 26.2 Å². The minimum Gasteiger partial charge on any atom is -0.181 e.